The van der Waals surface area contributed by atoms with Crippen molar-refractivity contribution in [2.24, 2.45) is 0 Å². The molecule has 4 rings (SSSR count). The monoisotopic (exact) mass is 297 g/mol. The van der Waals surface area contributed by atoms with Crippen molar-refractivity contribution in [2.45, 2.75) is 25.9 Å². The highest BCUT2D eigenvalue weighted by atomic mass is 16.7. The fourth-order valence-corrected chi connectivity index (χ4v) is 2.92. The molecule has 22 heavy (non-hydrogen) atoms. The minimum Gasteiger partial charge on any atom is -0.493 e. The molecule has 114 valence electrons. The van der Waals surface area contributed by atoms with Crippen LogP contribution < -0.4 is 19.5 Å². The maximum absolute atomic E-state index is 5.54. The Labute approximate surface area is 130 Å². The molecule has 0 aliphatic carbocycles. The summed E-state index contributed by atoms with van der Waals surface area (Å²) >= 11 is 0. The van der Waals surface area contributed by atoms with Crippen LogP contribution in [0.4, 0.5) is 0 Å². The third-order valence-electron chi connectivity index (χ3n) is 4.26. The molecule has 0 radical (unpaired) electrons. The van der Waals surface area contributed by atoms with E-state index in [1.165, 1.54) is 16.7 Å². The lowest BCUT2D eigenvalue weighted by atomic mass is 10.1. The third-order valence-corrected chi connectivity index (χ3v) is 4.26. The minimum absolute atomic E-state index is 0.249. The zero-order chi connectivity index (χ0) is 14.9. The van der Waals surface area contributed by atoms with E-state index in [0.717, 1.165) is 36.8 Å². The first kappa shape index (κ1) is 13.5. The van der Waals surface area contributed by atoms with Crippen LogP contribution in [-0.2, 0) is 13.0 Å². The van der Waals surface area contributed by atoms with Crippen molar-refractivity contribution < 1.29 is 14.2 Å². The van der Waals surface area contributed by atoms with E-state index in [4.69, 9.17) is 14.2 Å². The zero-order valence-electron chi connectivity index (χ0n) is 12.6. The molecule has 0 spiro atoms. The Morgan fingerprint density at radius 3 is 2.82 bits per heavy atom. The van der Waals surface area contributed by atoms with E-state index in [2.05, 4.69) is 42.6 Å². The Kier molecular flexibility index (Phi) is 3.39. The summed E-state index contributed by atoms with van der Waals surface area (Å²) in [6.45, 7) is 4.12. The van der Waals surface area contributed by atoms with Gasteiger partial charge in [-0.25, -0.2) is 0 Å². The van der Waals surface area contributed by atoms with Gasteiger partial charge in [0.05, 0.1) is 6.61 Å². The van der Waals surface area contributed by atoms with E-state index in [-0.39, 0.29) is 6.04 Å². The van der Waals surface area contributed by atoms with Gasteiger partial charge in [0, 0.05) is 19.0 Å². The summed E-state index contributed by atoms with van der Waals surface area (Å²) in [5.41, 5.74) is 3.81. The number of hydrogen-bond acceptors (Lipinski definition) is 4. The number of hydrogen-bond donors (Lipinski definition) is 1. The molecule has 2 heterocycles. The van der Waals surface area contributed by atoms with E-state index < -0.39 is 0 Å². The summed E-state index contributed by atoms with van der Waals surface area (Å²) < 4.78 is 16.3. The molecule has 1 N–H and O–H groups in total. The van der Waals surface area contributed by atoms with Crippen molar-refractivity contribution in [1.82, 2.24) is 5.32 Å². The lowest BCUT2D eigenvalue weighted by Crippen LogP contribution is -2.18. The highest BCUT2D eigenvalue weighted by Gasteiger charge is 2.16. The first-order valence-electron chi connectivity index (χ1n) is 7.67. The molecule has 0 amide bonds. The van der Waals surface area contributed by atoms with Crippen LogP contribution in [0.25, 0.3) is 0 Å². The summed E-state index contributed by atoms with van der Waals surface area (Å²) in [6.07, 6.45) is 1.01. The zero-order valence-corrected chi connectivity index (χ0v) is 12.6. The molecule has 0 fully saturated rings. The topological polar surface area (TPSA) is 39.7 Å². The first-order valence-corrected chi connectivity index (χ1v) is 7.67. The first-order chi connectivity index (χ1) is 10.8. The SMILES string of the molecule is C[C@@H](NCc1ccc2c(c1)CCO2)c1ccc2c(c1)OCO2. The lowest BCUT2D eigenvalue weighted by Gasteiger charge is -2.15. The second-order valence-corrected chi connectivity index (χ2v) is 5.76. The van der Waals surface area contributed by atoms with Gasteiger partial charge in [0.15, 0.2) is 11.5 Å². The summed E-state index contributed by atoms with van der Waals surface area (Å²) in [5, 5.41) is 3.56. The highest BCUT2D eigenvalue weighted by Crippen LogP contribution is 2.34. The van der Waals surface area contributed by atoms with E-state index in [1.54, 1.807) is 0 Å². The van der Waals surface area contributed by atoms with E-state index >= 15 is 0 Å². The molecule has 0 aromatic heterocycles. The van der Waals surface area contributed by atoms with Crippen molar-refractivity contribution in [2.75, 3.05) is 13.4 Å². The molecule has 0 saturated carbocycles. The van der Waals surface area contributed by atoms with Gasteiger partial charge in [-0.05, 0) is 41.8 Å². The van der Waals surface area contributed by atoms with Gasteiger partial charge in [-0.2, -0.15) is 0 Å². The Hall–Kier alpha value is -2.20. The van der Waals surface area contributed by atoms with E-state index in [0.29, 0.717) is 6.79 Å². The standard InChI is InChI=1S/C18H19NO3/c1-12(14-3-5-17-18(9-14)22-11-21-17)19-10-13-2-4-16-15(8-13)6-7-20-16/h2-5,8-9,12,19H,6-7,10-11H2,1H3/t12-/m1/s1. The van der Waals surface area contributed by atoms with E-state index in [9.17, 15) is 0 Å². The Morgan fingerprint density at radius 2 is 1.86 bits per heavy atom. The average molecular weight is 297 g/mol. The van der Waals surface area contributed by atoms with Crippen molar-refractivity contribution in [3.63, 3.8) is 0 Å². The van der Waals surface area contributed by atoms with Gasteiger partial charge in [0.2, 0.25) is 6.79 Å². The molecule has 0 saturated heterocycles. The van der Waals surface area contributed by atoms with Crippen LogP contribution >= 0.6 is 0 Å². The normalized spacial score (nSPS) is 16.2. The van der Waals surface area contributed by atoms with Gasteiger partial charge in [-0.3, -0.25) is 0 Å². The molecule has 0 unspecified atom stereocenters. The Morgan fingerprint density at radius 1 is 1.00 bits per heavy atom. The lowest BCUT2D eigenvalue weighted by molar-refractivity contribution is 0.174. The van der Waals surface area contributed by atoms with Crippen LogP contribution in [0.5, 0.6) is 17.2 Å². The number of nitrogens with one attached hydrogen (secondary N) is 1. The third kappa shape index (κ3) is 2.50. The minimum atomic E-state index is 0.249. The largest absolute Gasteiger partial charge is 0.493 e. The predicted octanol–water partition coefficient (Wildman–Crippen LogP) is 3.20. The molecular weight excluding hydrogens is 278 g/mol. The number of ether oxygens (including phenoxy) is 3. The fourth-order valence-electron chi connectivity index (χ4n) is 2.92. The molecule has 4 heteroatoms. The van der Waals surface area contributed by atoms with Crippen LogP contribution in [0.15, 0.2) is 36.4 Å². The summed E-state index contributed by atoms with van der Waals surface area (Å²) in [6, 6.07) is 12.8. The maximum atomic E-state index is 5.54. The van der Waals surface area contributed by atoms with Crippen molar-refractivity contribution in [3.8, 4) is 17.2 Å². The second kappa shape index (κ2) is 5.54. The van der Waals surface area contributed by atoms with Crippen LogP contribution in [0, 0.1) is 0 Å². The fraction of sp³-hybridized carbons (Fsp3) is 0.333. The summed E-state index contributed by atoms with van der Waals surface area (Å²) in [4.78, 5) is 0. The smallest absolute Gasteiger partial charge is 0.231 e. The molecular formula is C18H19NO3. The molecule has 2 aliphatic rings. The van der Waals surface area contributed by atoms with Gasteiger partial charge in [-0.15, -0.1) is 0 Å². The highest BCUT2D eigenvalue weighted by molar-refractivity contribution is 5.45. The van der Waals surface area contributed by atoms with Crippen molar-refractivity contribution in [3.05, 3.63) is 53.1 Å². The summed E-state index contributed by atoms with van der Waals surface area (Å²) in [5.74, 6) is 2.70. The van der Waals surface area contributed by atoms with Crippen molar-refractivity contribution >= 4 is 0 Å². The average Bonchev–Trinajstić information content (AvgIpc) is 3.19. The van der Waals surface area contributed by atoms with Gasteiger partial charge >= 0.3 is 0 Å². The van der Waals surface area contributed by atoms with Crippen LogP contribution in [0.3, 0.4) is 0 Å². The molecule has 2 aliphatic heterocycles. The molecule has 2 aromatic carbocycles. The number of rotatable bonds is 4. The van der Waals surface area contributed by atoms with Crippen LogP contribution in [0.2, 0.25) is 0 Å². The van der Waals surface area contributed by atoms with Gasteiger partial charge in [0.1, 0.15) is 5.75 Å². The summed E-state index contributed by atoms with van der Waals surface area (Å²) in [7, 11) is 0. The van der Waals surface area contributed by atoms with Crippen molar-refractivity contribution in [1.29, 1.82) is 0 Å². The maximum Gasteiger partial charge on any atom is 0.231 e. The molecule has 2 aromatic rings. The number of benzene rings is 2. The second-order valence-electron chi connectivity index (χ2n) is 5.76. The molecule has 0 bridgehead atoms. The van der Waals surface area contributed by atoms with Crippen LogP contribution in [0.1, 0.15) is 29.7 Å². The van der Waals surface area contributed by atoms with Gasteiger partial charge in [0.25, 0.3) is 0 Å². The molecule has 4 nitrogen and oxygen atoms in total. The Bertz CT molecular complexity index is 699. The quantitative estimate of drug-likeness (QED) is 0.940. The Balaban J connectivity index is 1.43. The van der Waals surface area contributed by atoms with Gasteiger partial charge < -0.3 is 19.5 Å². The number of fused-ring (bicyclic) bond motifs is 2. The molecule has 1 atom stereocenters. The van der Waals surface area contributed by atoms with Gasteiger partial charge in [-0.1, -0.05) is 18.2 Å². The predicted molar refractivity (Wildman–Crippen MR) is 83.5 cm³/mol. The van der Waals surface area contributed by atoms with Crippen LogP contribution in [-0.4, -0.2) is 13.4 Å². The van der Waals surface area contributed by atoms with E-state index in [1.807, 2.05) is 6.07 Å².